The van der Waals surface area contributed by atoms with E-state index in [0.29, 0.717) is 28.0 Å². The maximum absolute atomic E-state index is 12.4. The van der Waals surface area contributed by atoms with Crippen molar-refractivity contribution >= 4 is 28.3 Å². The van der Waals surface area contributed by atoms with Gasteiger partial charge in [-0.15, -0.1) is 0 Å². The highest BCUT2D eigenvalue weighted by Gasteiger charge is 2.13. The first kappa shape index (κ1) is 19.1. The third-order valence-corrected chi connectivity index (χ3v) is 4.76. The van der Waals surface area contributed by atoms with Gasteiger partial charge in [0.15, 0.2) is 0 Å². The lowest BCUT2D eigenvalue weighted by Crippen LogP contribution is -2.12. The number of amides is 1. The summed E-state index contributed by atoms with van der Waals surface area (Å²) < 4.78 is 5.41. The molecule has 148 valence electrons. The van der Waals surface area contributed by atoms with Crippen molar-refractivity contribution in [3.8, 4) is 11.1 Å². The molecule has 0 aliphatic heterocycles. The van der Waals surface area contributed by atoms with Crippen LogP contribution in [0.1, 0.15) is 15.9 Å². The SMILES string of the molecule is Cc1cc(NC(=O)c2ccc([N+](=O)[O-])cc2)ccc1-c1cc2ccccc2oc1=O. The molecule has 0 aliphatic rings. The van der Waals surface area contributed by atoms with Gasteiger partial charge in [-0.3, -0.25) is 14.9 Å². The van der Waals surface area contributed by atoms with Gasteiger partial charge in [0, 0.05) is 28.8 Å². The number of nitro groups is 1. The number of fused-ring (bicyclic) bond motifs is 1. The molecule has 0 fully saturated rings. The molecule has 0 saturated carbocycles. The summed E-state index contributed by atoms with van der Waals surface area (Å²) in [7, 11) is 0. The molecule has 0 saturated heterocycles. The van der Waals surface area contributed by atoms with Crippen LogP contribution in [0.5, 0.6) is 0 Å². The third kappa shape index (κ3) is 3.68. The van der Waals surface area contributed by atoms with E-state index in [2.05, 4.69) is 5.32 Å². The number of carbonyl (C=O) groups is 1. The Kier molecular flexibility index (Phi) is 4.85. The fourth-order valence-electron chi connectivity index (χ4n) is 3.23. The standard InChI is InChI=1S/C23H16N2O5/c1-14-12-17(24-22(26)15-6-9-18(10-7-15)25(28)29)8-11-19(14)20-13-16-4-2-3-5-21(16)30-23(20)27/h2-13H,1H3,(H,24,26). The van der Waals surface area contributed by atoms with E-state index in [0.717, 1.165) is 10.9 Å². The topological polar surface area (TPSA) is 102 Å². The molecular weight excluding hydrogens is 384 g/mol. The number of para-hydroxylation sites is 1. The summed E-state index contributed by atoms with van der Waals surface area (Å²) in [5.74, 6) is -0.387. The van der Waals surface area contributed by atoms with Crippen LogP contribution in [0.15, 0.2) is 82.0 Å². The lowest BCUT2D eigenvalue weighted by atomic mass is 10.0. The minimum atomic E-state index is -0.521. The summed E-state index contributed by atoms with van der Waals surface area (Å²) in [5.41, 5.74) is 2.81. The van der Waals surface area contributed by atoms with Crippen LogP contribution in [-0.4, -0.2) is 10.8 Å². The lowest BCUT2D eigenvalue weighted by Gasteiger charge is -2.10. The van der Waals surface area contributed by atoms with Crippen molar-refractivity contribution < 1.29 is 14.1 Å². The molecule has 0 bridgehead atoms. The largest absolute Gasteiger partial charge is 0.422 e. The van der Waals surface area contributed by atoms with E-state index in [1.807, 2.05) is 19.1 Å². The molecule has 0 unspecified atom stereocenters. The van der Waals surface area contributed by atoms with Crippen LogP contribution in [0.4, 0.5) is 11.4 Å². The Labute approximate surface area is 170 Å². The van der Waals surface area contributed by atoms with E-state index in [4.69, 9.17) is 4.42 Å². The van der Waals surface area contributed by atoms with Crippen molar-refractivity contribution in [2.45, 2.75) is 6.92 Å². The molecule has 0 spiro atoms. The Bertz CT molecular complexity index is 1340. The molecule has 0 aliphatic carbocycles. The van der Waals surface area contributed by atoms with Gasteiger partial charge in [-0.05, 0) is 54.4 Å². The normalized spacial score (nSPS) is 10.7. The number of nitro benzene ring substituents is 1. The number of anilines is 1. The maximum atomic E-state index is 12.4. The van der Waals surface area contributed by atoms with E-state index in [1.165, 1.54) is 24.3 Å². The molecule has 1 amide bonds. The molecule has 1 N–H and O–H groups in total. The first-order valence-corrected chi connectivity index (χ1v) is 9.12. The van der Waals surface area contributed by atoms with Crippen molar-refractivity contribution in [2.75, 3.05) is 5.32 Å². The van der Waals surface area contributed by atoms with Crippen molar-refractivity contribution in [1.29, 1.82) is 0 Å². The predicted octanol–water partition coefficient (Wildman–Crippen LogP) is 4.93. The van der Waals surface area contributed by atoms with Crippen LogP contribution in [0.25, 0.3) is 22.1 Å². The molecule has 4 aromatic rings. The number of hydrogen-bond acceptors (Lipinski definition) is 5. The number of carbonyl (C=O) groups excluding carboxylic acids is 1. The van der Waals surface area contributed by atoms with Gasteiger partial charge in [0.1, 0.15) is 5.58 Å². The molecule has 30 heavy (non-hydrogen) atoms. The summed E-state index contributed by atoms with van der Waals surface area (Å²) in [6.45, 7) is 1.84. The second-order valence-electron chi connectivity index (χ2n) is 6.77. The molecule has 1 aromatic heterocycles. The predicted molar refractivity (Wildman–Crippen MR) is 114 cm³/mol. The number of non-ortho nitro benzene ring substituents is 1. The van der Waals surface area contributed by atoms with Crippen LogP contribution >= 0.6 is 0 Å². The van der Waals surface area contributed by atoms with Gasteiger partial charge in [-0.25, -0.2) is 4.79 Å². The molecule has 0 radical (unpaired) electrons. The Morgan fingerprint density at radius 3 is 2.40 bits per heavy atom. The summed E-state index contributed by atoms with van der Waals surface area (Å²) in [6.07, 6.45) is 0. The monoisotopic (exact) mass is 400 g/mol. The molecular formula is C23H16N2O5. The van der Waals surface area contributed by atoms with Crippen LogP contribution in [0, 0.1) is 17.0 Å². The zero-order chi connectivity index (χ0) is 21.3. The molecule has 7 nitrogen and oxygen atoms in total. The molecule has 0 atom stereocenters. The van der Waals surface area contributed by atoms with Gasteiger partial charge >= 0.3 is 5.63 Å². The molecule has 7 heteroatoms. The smallest absolute Gasteiger partial charge is 0.344 e. The Morgan fingerprint density at radius 2 is 1.70 bits per heavy atom. The van der Waals surface area contributed by atoms with E-state index >= 15 is 0 Å². The van der Waals surface area contributed by atoms with Gasteiger partial charge in [-0.1, -0.05) is 24.3 Å². The highest BCUT2D eigenvalue weighted by molar-refractivity contribution is 6.04. The van der Waals surface area contributed by atoms with Gasteiger partial charge in [-0.2, -0.15) is 0 Å². The summed E-state index contributed by atoms with van der Waals surface area (Å²) in [5, 5.41) is 14.3. The number of benzene rings is 3. The lowest BCUT2D eigenvalue weighted by molar-refractivity contribution is -0.384. The van der Waals surface area contributed by atoms with Crippen LogP contribution in [0.3, 0.4) is 0 Å². The second-order valence-corrected chi connectivity index (χ2v) is 6.77. The number of hydrogen-bond donors (Lipinski definition) is 1. The number of aryl methyl sites for hydroxylation is 1. The first-order valence-electron chi connectivity index (χ1n) is 9.12. The van der Waals surface area contributed by atoms with Crippen molar-refractivity contribution in [3.63, 3.8) is 0 Å². The minimum Gasteiger partial charge on any atom is -0.422 e. The van der Waals surface area contributed by atoms with Gasteiger partial charge in [0.25, 0.3) is 11.6 Å². The first-order chi connectivity index (χ1) is 14.4. The number of nitrogens with zero attached hydrogens (tertiary/aromatic N) is 1. The molecule has 1 heterocycles. The minimum absolute atomic E-state index is 0.0824. The average molecular weight is 400 g/mol. The average Bonchev–Trinajstić information content (AvgIpc) is 2.73. The fourth-order valence-corrected chi connectivity index (χ4v) is 3.23. The third-order valence-electron chi connectivity index (χ3n) is 4.76. The maximum Gasteiger partial charge on any atom is 0.344 e. The Morgan fingerprint density at radius 1 is 0.967 bits per heavy atom. The van der Waals surface area contributed by atoms with E-state index < -0.39 is 10.5 Å². The van der Waals surface area contributed by atoms with Crippen LogP contribution < -0.4 is 10.9 Å². The molecule has 4 rings (SSSR count). The van der Waals surface area contributed by atoms with E-state index in [-0.39, 0.29) is 11.6 Å². The zero-order valence-corrected chi connectivity index (χ0v) is 15.9. The van der Waals surface area contributed by atoms with Crippen LogP contribution in [-0.2, 0) is 0 Å². The summed E-state index contributed by atoms with van der Waals surface area (Å²) >= 11 is 0. The number of rotatable bonds is 4. The molecule has 3 aromatic carbocycles. The zero-order valence-electron chi connectivity index (χ0n) is 15.9. The second kappa shape index (κ2) is 7.63. The van der Waals surface area contributed by atoms with Crippen molar-refractivity contribution in [1.82, 2.24) is 0 Å². The highest BCUT2D eigenvalue weighted by Crippen LogP contribution is 2.26. The van der Waals surface area contributed by atoms with Crippen LogP contribution in [0.2, 0.25) is 0 Å². The van der Waals surface area contributed by atoms with Gasteiger partial charge < -0.3 is 9.73 Å². The Hall–Kier alpha value is -4.26. The van der Waals surface area contributed by atoms with Crippen molar-refractivity contribution in [2.24, 2.45) is 0 Å². The summed E-state index contributed by atoms with van der Waals surface area (Å²) in [6, 6.07) is 19.6. The van der Waals surface area contributed by atoms with Crippen molar-refractivity contribution in [3.05, 3.63) is 104 Å². The van der Waals surface area contributed by atoms with E-state index in [9.17, 15) is 19.7 Å². The van der Waals surface area contributed by atoms with Gasteiger partial charge in [0.2, 0.25) is 0 Å². The number of nitrogens with one attached hydrogen (secondary N) is 1. The highest BCUT2D eigenvalue weighted by atomic mass is 16.6. The quantitative estimate of drug-likeness (QED) is 0.297. The summed E-state index contributed by atoms with van der Waals surface area (Å²) in [4.78, 5) is 35.1. The fraction of sp³-hybridized carbons (Fsp3) is 0.0435. The Balaban J connectivity index is 1.60. The van der Waals surface area contributed by atoms with E-state index in [1.54, 1.807) is 36.4 Å². The van der Waals surface area contributed by atoms with Gasteiger partial charge in [0.05, 0.1) is 10.5 Å².